The number of ether oxygens (including phenoxy) is 1. The van der Waals surface area contributed by atoms with Crippen LogP contribution in [-0.2, 0) is 4.74 Å². The molecule has 2 amide bonds. The maximum absolute atomic E-state index is 13.0. The molecule has 1 aliphatic rings. The number of methoxy groups -OCH3 is 1. The van der Waals surface area contributed by atoms with Crippen LogP contribution >= 0.6 is 11.3 Å². The minimum Gasteiger partial charge on any atom is -0.423 e. The van der Waals surface area contributed by atoms with Crippen molar-refractivity contribution in [2.45, 2.75) is 51.1 Å². The summed E-state index contributed by atoms with van der Waals surface area (Å²) >= 11 is 1.55. The number of carbonyl (C=O) groups excluding carboxylic acids is 2. The van der Waals surface area contributed by atoms with Gasteiger partial charge >= 0.3 is 6.09 Å². The van der Waals surface area contributed by atoms with Gasteiger partial charge in [-0.3, -0.25) is 4.79 Å². The molecule has 1 aromatic carbocycles. The highest BCUT2D eigenvalue weighted by Crippen LogP contribution is 2.38. The Kier molecular flexibility index (Phi) is 6.93. The first kappa shape index (κ1) is 22.4. The first-order valence-electron chi connectivity index (χ1n) is 10.5. The highest BCUT2D eigenvalue weighted by Gasteiger charge is 2.46. The van der Waals surface area contributed by atoms with Crippen LogP contribution in [0.25, 0.3) is 0 Å². The summed E-state index contributed by atoms with van der Waals surface area (Å²) in [5, 5.41) is 2.86. The van der Waals surface area contributed by atoms with Crippen LogP contribution in [0.1, 0.15) is 66.1 Å². The van der Waals surface area contributed by atoms with Crippen molar-refractivity contribution in [2.24, 2.45) is 0 Å². The number of nitrogens with zero attached hydrogens (tertiary/aromatic N) is 3. The molecule has 30 heavy (non-hydrogen) atoms. The van der Waals surface area contributed by atoms with E-state index in [2.05, 4.69) is 6.92 Å². The lowest BCUT2D eigenvalue weighted by molar-refractivity contribution is -0.869. The van der Waals surface area contributed by atoms with Crippen molar-refractivity contribution < 1.29 is 18.8 Å². The smallest absolute Gasteiger partial charge is 0.423 e. The van der Waals surface area contributed by atoms with Crippen LogP contribution in [0.5, 0.6) is 0 Å². The first-order valence-corrected chi connectivity index (χ1v) is 11.4. The molecule has 0 N–H and O–H groups in total. The van der Waals surface area contributed by atoms with Crippen LogP contribution in [0.15, 0.2) is 35.7 Å². The summed E-state index contributed by atoms with van der Waals surface area (Å²) in [6.45, 7) is 4.87. The summed E-state index contributed by atoms with van der Waals surface area (Å²) in [7, 11) is 5.25. The average molecular weight is 431 g/mol. The average Bonchev–Trinajstić information content (AvgIpc) is 3.28. The predicted octanol–water partition coefficient (Wildman–Crippen LogP) is 4.85. The fourth-order valence-corrected chi connectivity index (χ4v) is 5.36. The van der Waals surface area contributed by atoms with Crippen LogP contribution in [0.2, 0.25) is 0 Å². The van der Waals surface area contributed by atoms with Crippen LogP contribution in [0.3, 0.4) is 0 Å². The molecule has 7 heteroatoms. The monoisotopic (exact) mass is 430 g/mol. The fraction of sp³-hybridized carbons (Fsp3) is 0.522. The summed E-state index contributed by atoms with van der Waals surface area (Å²) in [5.74, 6) is 0.209. The Hall–Kier alpha value is -2.25. The summed E-state index contributed by atoms with van der Waals surface area (Å²) in [4.78, 5) is 31.8. The van der Waals surface area contributed by atoms with Gasteiger partial charge in [-0.25, -0.2) is 9.47 Å². The zero-order valence-corrected chi connectivity index (χ0v) is 19.3. The van der Waals surface area contributed by atoms with Gasteiger partial charge in [-0.1, -0.05) is 37.3 Å². The van der Waals surface area contributed by atoms with E-state index in [1.807, 2.05) is 56.7 Å². The van der Waals surface area contributed by atoms with Gasteiger partial charge in [0.25, 0.3) is 5.91 Å². The van der Waals surface area contributed by atoms with Crippen LogP contribution < -0.4 is 0 Å². The molecule has 0 bridgehead atoms. The van der Waals surface area contributed by atoms with Crippen molar-refractivity contribution in [1.29, 1.82) is 0 Å². The van der Waals surface area contributed by atoms with Gasteiger partial charge in [0.05, 0.1) is 37.8 Å². The molecule has 2 aromatic rings. The Morgan fingerprint density at radius 2 is 2.03 bits per heavy atom. The number of hydrogen-bond donors (Lipinski definition) is 0. The number of hydrogen-bond acceptors (Lipinski definition) is 5. The maximum atomic E-state index is 13.0. The number of likely N-dealkylation sites (tertiary alicyclic amines) is 1. The summed E-state index contributed by atoms with van der Waals surface area (Å²) < 4.78 is 5.37. The van der Waals surface area contributed by atoms with Crippen LogP contribution in [0, 0.1) is 0 Å². The lowest BCUT2D eigenvalue weighted by atomic mass is 9.88. The molecule has 1 fully saturated rings. The minimum atomic E-state index is -0.174. The minimum absolute atomic E-state index is 0.0268. The van der Waals surface area contributed by atoms with Gasteiger partial charge in [0, 0.05) is 31.2 Å². The van der Waals surface area contributed by atoms with Gasteiger partial charge in [0.1, 0.15) is 5.69 Å². The Bertz CT molecular complexity index is 885. The van der Waals surface area contributed by atoms with Crippen molar-refractivity contribution in [2.75, 3.05) is 27.7 Å². The topological polar surface area (TPSA) is 59.5 Å². The lowest BCUT2D eigenvalue weighted by Gasteiger charge is -2.42. The Morgan fingerprint density at radius 1 is 1.33 bits per heavy atom. The lowest BCUT2D eigenvalue weighted by Crippen LogP contribution is -2.59. The van der Waals surface area contributed by atoms with Crippen molar-refractivity contribution in [1.82, 2.24) is 9.88 Å². The highest BCUT2D eigenvalue weighted by molar-refractivity contribution is 7.09. The zero-order valence-electron chi connectivity index (χ0n) is 18.5. The van der Waals surface area contributed by atoms with Gasteiger partial charge in [-0.15, -0.1) is 11.3 Å². The molecule has 0 radical (unpaired) electrons. The molecule has 1 saturated heterocycles. The fourth-order valence-electron chi connectivity index (χ4n) is 4.41. The maximum Gasteiger partial charge on any atom is 0.515 e. The molecule has 162 valence electrons. The molecule has 6 nitrogen and oxygen atoms in total. The van der Waals surface area contributed by atoms with E-state index < -0.39 is 0 Å². The molecule has 0 saturated carbocycles. The molecule has 3 rings (SSSR count). The molecule has 0 aliphatic carbocycles. The van der Waals surface area contributed by atoms with Crippen molar-refractivity contribution in [3.8, 4) is 0 Å². The van der Waals surface area contributed by atoms with E-state index in [0.29, 0.717) is 10.2 Å². The normalized spacial score (nSPS) is 24.8. The molecule has 1 aliphatic heterocycles. The summed E-state index contributed by atoms with van der Waals surface area (Å²) in [6.07, 6.45) is 2.46. The van der Waals surface area contributed by atoms with Gasteiger partial charge in [-0.2, -0.15) is 4.79 Å². The third-order valence-electron chi connectivity index (χ3n) is 6.64. The second-order valence-electron chi connectivity index (χ2n) is 8.32. The number of thiazole rings is 1. The molecule has 1 aromatic heterocycles. The molecular formula is C23H32N3O3S+. The first-order chi connectivity index (χ1) is 14.3. The van der Waals surface area contributed by atoms with E-state index in [9.17, 15) is 9.59 Å². The number of aromatic nitrogens is 1. The van der Waals surface area contributed by atoms with Gasteiger partial charge < -0.3 is 9.64 Å². The number of rotatable bonds is 5. The number of benzene rings is 1. The number of amides is 2. The standard InChI is InChI=1S/C23H32N3O3S/c1-6-19-14-18(12-13-26(19,4)23(28)29-5)21-24-20(15-30-21)22(27)25(3)16(2)17-10-8-7-9-11-17/h7-11,15-16,18-19H,6,12-14H2,1-5H3/q+1/t16-,18?,19?,26?/m1/s1. The summed E-state index contributed by atoms with van der Waals surface area (Å²) in [5.41, 5.74) is 1.60. The third kappa shape index (κ3) is 4.27. The largest absolute Gasteiger partial charge is 0.515 e. The molecule has 4 atom stereocenters. The van der Waals surface area contributed by atoms with E-state index in [4.69, 9.17) is 9.72 Å². The number of quaternary nitrogens is 1. The van der Waals surface area contributed by atoms with Crippen LogP contribution in [-0.4, -0.2) is 60.2 Å². The molecule has 3 unspecified atom stereocenters. The Morgan fingerprint density at radius 3 is 2.67 bits per heavy atom. The van der Waals surface area contributed by atoms with Crippen LogP contribution in [0.4, 0.5) is 4.79 Å². The van der Waals surface area contributed by atoms with Gasteiger partial charge in [0.15, 0.2) is 0 Å². The molecule has 2 heterocycles. The predicted molar refractivity (Wildman–Crippen MR) is 119 cm³/mol. The van der Waals surface area contributed by atoms with E-state index in [1.54, 1.807) is 16.2 Å². The Labute approximate surface area is 183 Å². The van der Waals surface area contributed by atoms with Gasteiger partial charge in [0.2, 0.25) is 0 Å². The highest BCUT2D eigenvalue weighted by atomic mass is 32.1. The van der Waals surface area contributed by atoms with E-state index in [1.165, 1.54) is 7.11 Å². The van der Waals surface area contributed by atoms with E-state index >= 15 is 0 Å². The van der Waals surface area contributed by atoms with Crippen molar-refractivity contribution in [3.63, 3.8) is 0 Å². The SMILES string of the molecule is CCC1CC(c2nc(C(=O)N(C)[C@H](C)c3ccccc3)cs2)CC[N+]1(C)C(=O)OC. The second-order valence-corrected chi connectivity index (χ2v) is 9.21. The second kappa shape index (κ2) is 9.27. The van der Waals surface area contributed by atoms with Gasteiger partial charge in [-0.05, 0) is 18.9 Å². The van der Waals surface area contributed by atoms with E-state index in [0.717, 1.165) is 36.4 Å². The number of carbonyl (C=O) groups is 2. The Balaban J connectivity index is 1.72. The van der Waals surface area contributed by atoms with Crippen molar-refractivity contribution >= 4 is 23.3 Å². The quantitative estimate of drug-likeness (QED) is 0.637. The zero-order chi connectivity index (χ0) is 21.9. The third-order valence-corrected chi connectivity index (χ3v) is 7.65. The van der Waals surface area contributed by atoms with Crippen molar-refractivity contribution in [3.05, 3.63) is 52.0 Å². The summed E-state index contributed by atoms with van der Waals surface area (Å²) in [6, 6.07) is 10.2. The molecule has 0 spiro atoms. The van der Waals surface area contributed by atoms with E-state index in [-0.39, 0.29) is 30.0 Å². The number of piperidine rings is 1. The molecular weight excluding hydrogens is 398 g/mol.